The number of carbonyl (C=O) groups is 1. The molecule has 2 heterocycles. The minimum atomic E-state index is -0.548. The SMILES string of the molecule is Cc1cc(C)nc(NC(=O)N2CC[C@]3(O)CCCC[C@H]3C2)c1. The van der Waals surface area contributed by atoms with Gasteiger partial charge in [-0.3, -0.25) is 5.32 Å². The molecule has 120 valence electrons. The van der Waals surface area contributed by atoms with Gasteiger partial charge in [0.2, 0.25) is 0 Å². The van der Waals surface area contributed by atoms with E-state index in [2.05, 4.69) is 10.3 Å². The summed E-state index contributed by atoms with van der Waals surface area (Å²) < 4.78 is 0. The van der Waals surface area contributed by atoms with Gasteiger partial charge in [0.15, 0.2) is 0 Å². The normalized spacial score (nSPS) is 28.1. The van der Waals surface area contributed by atoms with Crippen molar-refractivity contribution in [2.24, 2.45) is 5.92 Å². The number of rotatable bonds is 1. The van der Waals surface area contributed by atoms with Crippen molar-refractivity contribution in [3.63, 3.8) is 0 Å². The van der Waals surface area contributed by atoms with Gasteiger partial charge in [0.05, 0.1) is 5.60 Å². The van der Waals surface area contributed by atoms with Crippen LogP contribution in [0.25, 0.3) is 0 Å². The van der Waals surface area contributed by atoms with Crippen LogP contribution in [0.1, 0.15) is 43.4 Å². The molecule has 0 unspecified atom stereocenters. The first kappa shape index (κ1) is 15.3. The van der Waals surface area contributed by atoms with Crippen LogP contribution in [-0.2, 0) is 0 Å². The van der Waals surface area contributed by atoms with Crippen molar-refractivity contribution in [1.29, 1.82) is 0 Å². The third kappa shape index (κ3) is 3.09. The minimum Gasteiger partial charge on any atom is -0.389 e. The number of nitrogens with zero attached hydrogens (tertiary/aromatic N) is 2. The van der Waals surface area contributed by atoms with Crippen molar-refractivity contribution in [2.45, 2.75) is 51.6 Å². The van der Waals surface area contributed by atoms with E-state index >= 15 is 0 Å². The molecule has 2 amide bonds. The molecule has 1 saturated carbocycles. The van der Waals surface area contributed by atoms with Gasteiger partial charge >= 0.3 is 6.03 Å². The maximum Gasteiger partial charge on any atom is 0.323 e. The Balaban J connectivity index is 1.66. The highest BCUT2D eigenvalue weighted by Crippen LogP contribution is 2.39. The van der Waals surface area contributed by atoms with Crippen LogP contribution >= 0.6 is 0 Å². The fourth-order valence-corrected chi connectivity index (χ4v) is 3.85. The lowest BCUT2D eigenvalue weighted by molar-refractivity contribution is -0.0863. The Labute approximate surface area is 131 Å². The molecule has 2 fully saturated rings. The fourth-order valence-electron chi connectivity index (χ4n) is 3.85. The first-order valence-corrected chi connectivity index (χ1v) is 8.20. The predicted molar refractivity (Wildman–Crippen MR) is 85.8 cm³/mol. The third-order valence-corrected chi connectivity index (χ3v) is 5.05. The zero-order chi connectivity index (χ0) is 15.7. The van der Waals surface area contributed by atoms with E-state index in [-0.39, 0.29) is 11.9 Å². The third-order valence-electron chi connectivity index (χ3n) is 5.05. The number of fused-ring (bicyclic) bond motifs is 1. The summed E-state index contributed by atoms with van der Waals surface area (Å²) in [7, 11) is 0. The number of aromatic nitrogens is 1. The molecule has 1 aromatic rings. The molecule has 3 rings (SSSR count). The Morgan fingerprint density at radius 2 is 2.18 bits per heavy atom. The maximum atomic E-state index is 12.5. The number of hydrogen-bond donors (Lipinski definition) is 2. The largest absolute Gasteiger partial charge is 0.389 e. The van der Waals surface area contributed by atoms with Crippen molar-refractivity contribution in [1.82, 2.24) is 9.88 Å². The molecule has 1 aliphatic heterocycles. The number of piperidine rings is 1. The van der Waals surface area contributed by atoms with Gasteiger partial charge < -0.3 is 10.0 Å². The summed E-state index contributed by atoms with van der Waals surface area (Å²) >= 11 is 0. The molecule has 1 aromatic heterocycles. The van der Waals surface area contributed by atoms with Crippen molar-refractivity contribution in [2.75, 3.05) is 18.4 Å². The first-order valence-electron chi connectivity index (χ1n) is 8.20. The number of hydrogen-bond acceptors (Lipinski definition) is 3. The highest BCUT2D eigenvalue weighted by molar-refractivity contribution is 5.88. The molecule has 2 aliphatic rings. The zero-order valence-electron chi connectivity index (χ0n) is 13.4. The molecular weight excluding hydrogens is 278 g/mol. The summed E-state index contributed by atoms with van der Waals surface area (Å²) in [5, 5.41) is 13.6. The van der Waals surface area contributed by atoms with Crippen molar-refractivity contribution in [3.05, 3.63) is 23.4 Å². The Morgan fingerprint density at radius 3 is 2.95 bits per heavy atom. The van der Waals surface area contributed by atoms with Crippen molar-refractivity contribution >= 4 is 11.8 Å². The van der Waals surface area contributed by atoms with Crippen LogP contribution in [0, 0.1) is 19.8 Å². The lowest BCUT2D eigenvalue weighted by Crippen LogP contribution is -2.55. The number of amides is 2. The molecule has 0 bridgehead atoms. The first-order chi connectivity index (χ1) is 10.5. The second kappa shape index (κ2) is 5.88. The average molecular weight is 303 g/mol. The van der Waals surface area contributed by atoms with Gasteiger partial charge in [0, 0.05) is 24.7 Å². The smallest absolute Gasteiger partial charge is 0.323 e. The molecule has 22 heavy (non-hydrogen) atoms. The Morgan fingerprint density at radius 1 is 1.36 bits per heavy atom. The molecule has 0 aromatic carbocycles. The summed E-state index contributed by atoms with van der Waals surface area (Å²) in [6.07, 6.45) is 4.84. The van der Waals surface area contributed by atoms with Crippen molar-refractivity contribution in [3.8, 4) is 0 Å². The Bertz CT molecular complexity index is 555. The summed E-state index contributed by atoms with van der Waals surface area (Å²) in [6, 6.07) is 3.76. The number of likely N-dealkylation sites (tertiary alicyclic amines) is 1. The second-order valence-electron chi connectivity index (χ2n) is 6.84. The lowest BCUT2D eigenvalue weighted by Gasteiger charge is -2.47. The van der Waals surface area contributed by atoms with Crippen molar-refractivity contribution < 1.29 is 9.90 Å². The molecule has 2 N–H and O–H groups in total. The van der Waals surface area contributed by atoms with Gasteiger partial charge in [0.25, 0.3) is 0 Å². The van der Waals surface area contributed by atoms with E-state index < -0.39 is 5.60 Å². The van der Waals surface area contributed by atoms with E-state index in [9.17, 15) is 9.90 Å². The van der Waals surface area contributed by atoms with Crippen LogP contribution in [0.15, 0.2) is 12.1 Å². The molecule has 5 heteroatoms. The zero-order valence-corrected chi connectivity index (χ0v) is 13.4. The molecule has 0 radical (unpaired) electrons. The van der Waals surface area contributed by atoms with E-state index in [1.807, 2.05) is 30.9 Å². The maximum absolute atomic E-state index is 12.5. The Hall–Kier alpha value is -1.62. The van der Waals surface area contributed by atoms with E-state index in [0.717, 1.165) is 36.9 Å². The fraction of sp³-hybridized carbons (Fsp3) is 0.647. The molecule has 1 aliphatic carbocycles. The number of carbonyl (C=O) groups excluding carboxylic acids is 1. The predicted octanol–water partition coefficient (Wildman–Crippen LogP) is 2.86. The molecule has 5 nitrogen and oxygen atoms in total. The van der Waals surface area contributed by atoms with Gasteiger partial charge in [-0.25, -0.2) is 9.78 Å². The number of nitrogens with one attached hydrogen (secondary N) is 1. The molecular formula is C17H25N3O2. The standard InChI is InChI=1S/C17H25N3O2/c1-12-9-13(2)18-15(10-12)19-16(21)20-8-7-17(22)6-4-3-5-14(17)11-20/h9-10,14,22H,3-8,11H2,1-2H3,(H,18,19,21)/t14-,17+/m0/s1. The van der Waals surface area contributed by atoms with E-state index in [1.165, 1.54) is 0 Å². The number of anilines is 1. The van der Waals surface area contributed by atoms with E-state index in [0.29, 0.717) is 25.3 Å². The topological polar surface area (TPSA) is 65.5 Å². The monoisotopic (exact) mass is 303 g/mol. The summed E-state index contributed by atoms with van der Waals surface area (Å²) in [5.41, 5.74) is 1.44. The minimum absolute atomic E-state index is 0.106. The van der Waals surface area contributed by atoms with Crippen LogP contribution in [0.2, 0.25) is 0 Å². The van der Waals surface area contributed by atoms with Gasteiger partial charge in [-0.1, -0.05) is 12.8 Å². The summed E-state index contributed by atoms with van der Waals surface area (Å²) in [6.45, 7) is 5.18. The van der Waals surface area contributed by atoms with Gasteiger partial charge in [0.1, 0.15) is 5.82 Å². The van der Waals surface area contributed by atoms with Gasteiger partial charge in [-0.05, 0) is 50.8 Å². The van der Waals surface area contributed by atoms with Crippen LogP contribution < -0.4 is 5.32 Å². The highest BCUT2D eigenvalue weighted by Gasteiger charge is 2.43. The number of pyridine rings is 1. The lowest BCUT2D eigenvalue weighted by atomic mass is 9.71. The van der Waals surface area contributed by atoms with Crippen LogP contribution in [0.4, 0.5) is 10.6 Å². The van der Waals surface area contributed by atoms with E-state index in [4.69, 9.17) is 0 Å². The second-order valence-corrected chi connectivity index (χ2v) is 6.84. The van der Waals surface area contributed by atoms with Gasteiger partial charge in [-0.2, -0.15) is 0 Å². The summed E-state index contributed by atoms with van der Waals surface area (Å²) in [4.78, 5) is 18.6. The quantitative estimate of drug-likeness (QED) is 0.838. The van der Waals surface area contributed by atoms with Crippen LogP contribution in [-0.4, -0.2) is 39.7 Å². The summed E-state index contributed by atoms with van der Waals surface area (Å²) in [5.74, 6) is 0.819. The van der Waals surface area contributed by atoms with Gasteiger partial charge in [-0.15, -0.1) is 0 Å². The van der Waals surface area contributed by atoms with Crippen LogP contribution in [0.3, 0.4) is 0 Å². The average Bonchev–Trinajstić information content (AvgIpc) is 2.45. The number of aryl methyl sites for hydroxylation is 2. The Kier molecular flexibility index (Phi) is 4.08. The molecule has 2 atom stereocenters. The van der Waals surface area contributed by atoms with E-state index in [1.54, 1.807) is 0 Å². The van der Waals surface area contributed by atoms with Crippen LogP contribution in [0.5, 0.6) is 0 Å². The molecule has 1 saturated heterocycles. The molecule has 0 spiro atoms. The highest BCUT2D eigenvalue weighted by atomic mass is 16.3. The number of aliphatic hydroxyl groups is 1. The number of urea groups is 1.